The van der Waals surface area contributed by atoms with Crippen LogP contribution in [0.4, 0.5) is 5.69 Å². The molecule has 2 heterocycles. The fourth-order valence-corrected chi connectivity index (χ4v) is 3.59. The third-order valence-electron chi connectivity index (χ3n) is 5.11. The van der Waals surface area contributed by atoms with Crippen molar-refractivity contribution in [1.29, 1.82) is 0 Å². The molecule has 7 nitrogen and oxygen atoms in total. The smallest absolute Gasteiger partial charge is 0.357 e. The normalized spacial score (nSPS) is 11.0. The van der Waals surface area contributed by atoms with Gasteiger partial charge in [-0.2, -0.15) is 0 Å². The minimum absolute atomic E-state index is 0.137. The highest BCUT2D eigenvalue weighted by molar-refractivity contribution is 6.08. The van der Waals surface area contributed by atoms with Crippen molar-refractivity contribution in [3.05, 3.63) is 78.5 Å². The molecular weight excluding hydrogens is 408 g/mol. The molecule has 0 aliphatic heterocycles. The number of nitrogens with one attached hydrogen (secondary N) is 1. The van der Waals surface area contributed by atoms with E-state index in [4.69, 9.17) is 13.9 Å². The van der Waals surface area contributed by atoms with Crippen LogP contribution in [0.3, 0.4) is 0 Å². The van der Waals surface area contributed by atoms with Gasteiger partial charge in [0.2, 0.25) is 0 Å². The highest BCUT2D eigenvalue weighted by atomic mass is 16.5. The fraction of sp³-hybridized carbons (Fsp3) is 0.0800. The summed E-state index contributed by atoms with van der Waals surface area (Å²) in [5, 5.41) is 5.46. The number of esters is 1. The number of aromatic nitrogens is 1. The molecule has 5 aromatic rings. The van der Waals surface area contributed by atoms with Crippen molar-refractivity contribution in [2.75, 3.05) is 19.0 Å². The van der Waals surface area contributed by atoms with E-state index in [9.17, 15) is 9.59 Å². The first-order valence-corrected chi connectivity index (χ1v) is 9.94. The quantitative estimate of drug-likeness (QED) is 0.401. The molecule has 2 aromatic heterocycles. The zero-order valence-corrected chi connectivity index (χ0v) is 17.1. The summed E-state index contributed by atoms with van der Waals surface area (Å²) in [6.45, 7) is -0.464. The number of hydrogen-bond donors (Lipinski definition) is 1. The van der Waals surface area contributed by atoms with Crippen molar-refractivity contribution < 1.29 is 23.5 Å². The van der Waals surface area contributed by atoms with Crippen molar-refractivity contribution in [2.45, 2.75) is 0 Å². The standard InChI is InChI=1S/C25H18N2O5/c1-30-23-12-17-16-7-3-5-9-21(16)32-22(17)13-20(23)27-24(28)14-31-25(29)19-11-10-15-6-2-4-8-18(15)26-19/h2-13H,14H2,1H3,(H,27,28). The van der Waals surface area contributed by atoms with Gasteiger partial charge in [-0.3, -0.25) is 4.79 Å². The van der Waals surface area contributed by atoms with Gasteiger partial charge in [0, 0.05) is 22.2 Å². The van der Waals surface area contributed by atoms with E-state index in [1.54, 1.807) is 24.3 Å². The van der Waals surface area contributed by atoms with Crippen LogP contribution in [0.5, 0.6) is 5.75 Å². The number of carbonyl (C=O) groups is 2. The molecular formula is C25H18N2O5. The van der Waals surface area contributed by atoms with Gasteiger partial charge >= 0.3 is 5.97 Å². The number of fused-ring (bicyclic) bond motifs is 4. The minimum atomic E-state index is -0.675. The Morgan fingerprint density at radius 3 is 2.62 bits per heavy atom. The van der Waals surface area contributed by atoms with Gasteiger partial charge in [-0.25, -0.2) is 9.78 Å². The Hall–Kier alpha value is -4.39. The highest BCUT2D eigenvalue weighted by Crippen LogP contribution is 2.36. The van der Waals surface area contributed by atoms with Gasteiger partial charge in [-0.15, -0.1) is 0 Å². The van der Waals surface area contributed by atoms with E-state index >= 15 is 0 Å². The number of rotatable bonds is 5. The number of hydrogen-bond acceptors (Lipinski definition) is 6. The van der Waals surface area contributed by atoms with Crippen molar-refractivity contribution in [3.63, 3.8) is 0 Å². The molecule has 0 aliphatic rings. The molecule has 32 heavy (non-hydrogen) atoms. The minimum Gasteiger partial charge on any atom is -0.495 e. The maximum Gasteiger partial charge on any atom is 0.357 e. The summed E-state index contributed by atoms with van der Waals surface area (Å²) in [4.78, 5) is 29.1. The van der Waals surface area contributed by atoms with E-state index in [1.165, 1.54) is 7.11 Å². The summed E-state index contributed by atoms with van der Waals surface area (Å²) in [5.74, 6) is -0.710. The average Bonchev–Trinajstić information content (AvgIpc) is 3.19. The monoisotopic (exact) mass is 426 g/mol. The van der Waals surface area contributed by atoms with Crippen LogP contribution >= 0.6 is 0 Å². The Balaban J connectivity index is 1.31. The molecule has 158 valence electrons. The van der Waals surface area contributed by atoms with E-state index in [-0.39, 0.29) is 5.69 Å². The maximum atomic E-state index is 12.4. The van der Waals surface area contributed by atoms with Gasteiger partial charge in [-0.05, 0) is 24.3 Å². The molecule has 7 heteroatoms. The number of furan rings is 1. The van der Waals surface area contributed by atoms with Gasteiger partial charge in [-0.1, -0.05) is 42.5 Å². The second kappa shape index (κ2) is 8.03. The van der Waals surface area contributed by atoms with Crippen molar-refractivity contribution in [2.24, 2.45) is 0 Å². The lowest BCUT2D eigenvalue weighted by atomic mass is 10.1. The van der Waals surface area contributed by atoms with Crippen LogP contribution in [-0.2, 0) is 9.53 Å². The Labute approximate surface area is 182 Å². The third kappa shape index (κ3) is 3.60. The van der Waals surface area contributed by atoms with E-state index in [1.807, 2.05) is 48.5 Å². The van der Waals surface area contributed by atoms with Crippen LogP contribution in [0, 0.1) is 0 Å². The predicted molar refractivity (Wildman–Crippen MR) is 121 cm³/mol. The second-order valence-corrected chi connectivity index (χ2v) is 7.16. The number of nitrogens with zero attached hydrogens (tertiary/aromatic N) is 1. The van der Waals surface area contributed by atoms with Crippen LogP contribution in [-0.4, -0.2) is 30.6 Å². The summed E-state index contributed by atoms with van der Waals surface area (Å²) in [6, 6.07) is 21.9. The Morgan fingerprint density at radius 2 is 1.75 bits per heavy atom. The summed E-state index contributed by atoms with van der Waals surface area (Å²) in [5.41, 5.74) is 2.58. The molecule has 0 saturated carbocycles. The summed E-state index contributed by atoms with van der Waals surface area (Å²) >= 11 is 0. The molecule has 0 spiro atoms. The topological polar surface area (TPSA) is 90.7 Å². The lowest BCUT2D eigenvalue weighted by molar-refractivity contribution is -0.119. The average molecular weight is 426 g/mol. The van der Waals surface area contributed by atoms with Gasteiger partial charge in [0.25, 0.3) is 5.91 Å². The van der Waals surface area contributed by atoms with Gasteiger partial charge in [0.15, 0.2) is 6.61 Å². The van der Waals surface area contributed by atoms with Crippen LogP contribution in [0.15, 0.2) is 77.2 Å². The molecule has 0 bridgehead atoms. The van der Waals surface area contributed by atoms with Crippen LogP contribution in [0.2, 0.25) is 0 Å². The zero-order valence-electron chi connectivity index (χ0n) is 17.1. The number of carbonyl (C=O) groups excluding carboxylic acids is 2. The fourth-order valence-electron chi connectivity index (χ4n) is 3.59. The molecule has 0 saturated heterocycles. The van der Waals surface area contributed by atoms with Crippen molar-refractivity contribution in [1.82, 2.24) is 4.98 Å². The molecule has 0 fully saturated rings. The number of methoxy groups -OCH3 is 1. The Kier molecular flexibility index (Phi) is 4.91. The highest BCUT2D eigenvalue weighted by Gasteiger charge is 2.16. The number of anilines is 1. The number of ether oxygens (including phenoxy) is 2. The number of benzene rings is 3. The Morgan fingerprint density at radius 1 is 0.938 bits per heavy atom. The maximum absolute atomic E-state index is 12.4. The number of para-hydroxylation sites is 2. The molecule has 1 amide bonds. The molecule has 0 radical (unpaired) electrons. The SMILES string of the molecule is COc1cc2c(cc1NC(=O)COC(=O)c1ccc3ccccc3n1)oc1ccccc12. The molecule has 5 rings (SSSR count). The van der Waals surface area contributed by atoms with Crippen LogP contribution in [0.25, 0.3) is 32.8 Å². The van der Waals surface area contributed by atoms with Crippen LogP contribution < -0.4 is 10.1 Å². The zero-order chi connectivity index (χ0) is 22.1. The molecule has 1 N–H and O–H groups in total. The van der Waals surface area contributed by atoms with E-state index in [0.717, 1.165) is 21.7 Å². The van der Waals surface area contributed by atoms with Gasteiger partial charge < -0.3 is 19.2 Å². The largest absolute Gasteiger partial charge is 0.495 e. The van der Waals surface area contributed by atoms with Crippen LogP contribution in [0.1, 0.15) is 10.5 Å². The predicted octanol–water partition coefficient (Wildman–Crippen LogP) is 4.94. The molecule has 0 atom stereocenters. The number of amides is 1. The first-order valence-electron chi connectivity index (χ1n) is 9.94. The van der Waals surface area contributed by atoms with E-state index in [0.29, 0.717) is 22.5 Å². The summed E-state index contributed by atoms with van der Waals surface area (Å²) < 4.78 is 16.4. The van der Waals surface area contributed by atoms with E-state index < -0.39 is 18.5 Å². The van der Waals surface area contributed by atoms with E-state index in [2.05, 4.69) is 10.3 Å². The van der Waals surface area contributed by atoms with Crippen molar-refractivity contribution in [3.8, 4) is 5.75 Å². The Bertz CT molecular complexity index is 1490. The van der Waals surface area contributed by atoms with Gasteiger partial charge in [0.05, 0.1) is 18.3 Å². The third-order valence-corrected chi connectivity index (χ3v) is 5.11. The van der Waals surface area contributed by atoms with Crippen molar-refractivity contribution >= 4 is 50.4 Å². The number of pyridine rings is 1. The van der Waals surface area contributed by atoms with Gasteiger partial charge in [0.1, 0.15) is 22.6 Å². The molecule has 0 unspecified atom stereocenters. The lowest BCUT2D eigenvalue weighted by Crippen LogP contribution is -2.21. The first kappa shape index (κ1) is 19.6. The lowest BCUT2D eigenvalue weighted by Gasteiger charge is -2.11. The summed E-state index contributed by atoms with van der Waals surface area (Å²) in [6.07, 6.45) is 0. The molecule has 3 aromatic carbocycles. The summed E-state index contributed by atoms with van der Waals surface area (Å²) in [7, 11) is 1.52. The second-order valence-electron chi connectivity index (χ2n) is 7.16. The molecule has 0 aliphatic carbocycles. The first-order chi connectivity index (χ1) is 15.6.